The van der Waals surface area contributed by atoms with Crippen LogP contribution in [0, 0.1) is 25.6 Å². The predicted molar refractivity (Wildman–Crippen MR) is 129 cm³/mol. The van der Waals surface area contributed by atoms with Crippen LogP contribution in [0.4, 0.5) is 4.39 Å². The lowest BCUT2D eigenvalue weighted by Gasteiger charge is -2.31. The molecular weight excluding hydrogens is 409 g/mol. The van der Waals surface area contributed by atoms with Gasteiger partial charge in [0.25, 0.3) is 6.34 Å². The van der Waals surface area contributed by atoms with Gasteiger partial charge in [0.15, 0.2) is 0 Å². The maximum atomic E-state index is 15.8. The minimum Gasteiger partial charge on any atom is -0.311 e. The number of hydrogen-bond acceptors (Lipinski definition) is 2. The van der Waals surface area contributed by atoms with E-state index in [0.717, 1.165) is 32.9 Å². The fourth-order valence-electron chi connectivity index (χ4n) is 5.47. The molecule has 0 fully saturated rings. The Hall–Kier alpha value is -2.18. The number of rotatable bonds is 1. The second kappa shape index (κ2) is 5.74. The molecule has 0 amide bonds. The lowest BCUT2D eigenvalue weighted by Crippen LogP contribution is -2.39. The van der Waals surface area contributed by atoms with Crippen LogP contribution in [0.2, 0.25) is 19.6 Å². The van der Waals surface area contributed by atoms with Crippen molar-refractivity contribution in [1.29, 1.82) is 0 Å². The summed E-state index contributed by atoms with van der Waals surface area (Å²) in [4.78, 5) is 4.93. The van der Waals surface area contributed by atoms with E-state index in [-0.39, 0.29) is 17.1 Å². The Morgan fingerprint density at radius 2 is 1.87 bits per heavy atom. The number of thioether (sulfide) groups is 1. The van der Waals surface area contributed by atoms with E-state index in [1.165, 1.54) is 21.5 Å². The first-order chi connectivity index (χ1) is 14.2. The summed E-state index contributed by atoms with van der Waals surface area (Å²) in [5.41, 5.74) is 7.79. The minimum absolute atomic E-state index is 0.0790. The molecule has 0 bridgehead atoms. The summed E-state index contributed by atoms with van der Waals surface area (Å²) < 4.78 is 21.8. The van der Waals surface area contributed by atoms with E-state index < -0.39 is 8.07 Å². The van der Waals surface area contributed by atoms with Gasteiger partial charge >= 0.3 is 0 Å². The molecule has 3 aliphatic heterocycles. The van der Waals surface area contributed by atoms with Crippen molar-refractivity contribution in [3.8, 4) is 0 Å². The van der Waals surface area contributed by atoms with E-state index in [9.17, 15) is 0 Å². The van der Waals surface area contributed by atoms with Crippen molar-refractivity contribution < 1.29 is 8.97 Å². The first-order valence-electron chi connectivity index (χ1n) is 10.5. The van der Waals surface area contributed by atoms with Crippen molar-refractivity contribution in [1.82, 2.24) is 4.57 Å². The molecule has 3 nitrogen and oxygen atoms in total. The molecule has 4 heterocycles. The van der Waals surface area contributed by atoms with Crippen LogP contribution >= 0.6 is 11.8 Å². The topological polar surface area (TPSA) is 20.3 Å². The third-order valence-electron chi connectivity index (χ3n) is 6.89. The van der Waals surface area contributed by atoms with Gasteiger partial charge in [0.05, 0.1) is 26.2 Å². The van der Waals surface area contributed by atoms with Gasteiger partial charge in [-0.3, -0.25) is 0 Å². The van der Waals surface area contributed by atoms with Gasteiger partial charge in [0, 0.05) is 22.0 Å². The van der Waals surface area contributed by atoms with Crippen LogP contribution in [0.1, 0.15) is 16.7 Å². The number of benzene rings is 2. The number of aromatic nitrogens is 1. The van der Waals surface area contributed by atoms with Crippen LogP contribution in [-0.4, -0.2) is 41.7 Å². The monoisotopic (exact) mass is 434 g/mol. The highest BCUT2D eigenvalue weighted by Crippen LogP contribution is 2.56. The molecule has 0 radical (unpaired) electrons. The van der Waals surface area contributed by atoms with E-state index in [0.29, 0.717) is 0 Å². The van der Waals surface area contributed by atoms with Gasteiger partial charge in [-0.2, -0.15) is 0 Å². The molecule has 0 N–H and O–H groups in total. The lowest BCUT2D eigenvalue weighted by molar-refractivity contribution is -0.364. The number of hydrogen-bond donors (Lipinski definition) is 0. The second-order valence-corrected chi connectivity index (χ2v) is 16.2. The van der Waals surface area contributed by atoms with Crippen molar-refractivity contribution in [3.63, 3.8) is 0 Å². The quantitative estimate of drug-likeness (QED) is 0.352. The fraction of sp³-hybridized carbons (Fsp3) is 0.333. The molecule has 2 unspecified atom stereocenters. The molecule has 0 saturated heterocycles. The Balaban J connectivity index is 1.96. The van der Waals surface area contributed by atoms with Gasteiger partial charge in [-0.1, -0.05) is 54.6 Å². The molecule has 2 aromatic carbocycles. The third kappa shape index (κ3) is 2.06. The van der Waals surface area contributed by atoms with E-state index in [4.69, 9.17) is 4.99 Å². The van der Waals surface area contributed by atoms with Gasteiger partial charge in [-0.05, 0) is 35.6 Å². The molecule has 0 spiro atoms. The number of aliphatic imine (C=N–C) groups is 1. The number of halogens is 1. The standard InChI is InChI=1S/C24H25FN3SSi/c1-12-13(2)19(25)17-14-9-7-8-10-15(14)28-21(17)16(12)20-18-22(28)24(30(4,5)6)29-23(18)26-11-27(20)3/h7-11,18,23H,1-6H3/q+1. The van der Waals surface area contributed by atoms with Crippen molar-refractivity contribution in [2.75, 3.05) is 7.05 Å². The SMILES string of the molecule is Cc1c(C)c2c3c(c1F)c1ccccc1n3C1=C([Si](C)(C)C)SC3N=C[N+](C)=C2C13. The average Bonchev–Trinajstić information content (AvgIpc) is 3.25. The van der Waals surface area contributed by atoms with Crippen LogP contribution in [0.5, 0.6) is 0 Å². The number of fused-ring (bicyclic) bond motifs is 5. The van der Waals surface area contributed by atoms with Gasteiger partial charge in [0.1, 0.15) is 17.4 Å². The van der Waals surface area contributed by atoms with E-state index in [1.807, 2.05) is 31.1 Å². The molecule has 2 atom stereocenters. The largest absolute Gasteiger partial charge is 0.311 e. The Kier molecular flexibility index (Phi) is 3.55. The normalized spacial score (nSPS) is 22.6. The van der Waals surface area contributed by atoms with Crippen molar-refractivity contribution >= 4 is 59.4 Å². The molecule has 6 heteroatoms. The Labute approximate surface area is 181 Å². The smallest absolute Gasteiger partial charge is 0.281 e. The molecule has 6 rings (SSSR count). The van der Waals surface area contributed by atoms with Crippen LogP contribution in [0.25, 0.3) is 27.5 Å². The summed E-state index contributed by atoms with van der Waals surface area (Å²) in [5.74, 6) is 0.131. The average molecular weight is 435 g/mol. The number of nitrogens with zero attached hydrogens (tertiary/aromatic N) is 3. The minimum atomic E-state index is -1.63. The molecular formula is C24H25FN3SSi+. The first-order valence-corrected chi connectivity index (χ1v) is 14.9. The molecule has 30 heavy (non-hydrogen) atoms. The van der Waals surface area contributed by atoms with Crippen molar-refractivity contribution in [3.05, 3.63) is 51.3 Å². The molecule has 1 aromatic heterocycles. The summed E-state index contributed by atoms with van der Waals surface area (Å²) >= 11 is 1.94. The Bertz CT molecular complexity index is 1400. The van der Waals surface area contributed by atoms with E-state index in [2.05, 4.69) is 61.0 Å². The summed E-state index contributed by atoms with van der Waals surface area (Å²) in [6.45, 7) is 11.2. The Morgan fingerprint density at radius 1 is 1.13 bits per heavy atom. The van der Waals surface area contributed by atoms with Crippen LogP contribution in [-0.2, 0) is 0 Å². The molecule has 152 valence electrons. The summed E-state index contributed by atoms with van der Waals surface area (Å²) in [5, 5.41) is 1.94. The number of para-hydroxylation sites is 1. The van der Waals surface area contributed by atoms with Crippen molar-refractivity contribution in [2.45, 2.75) is 38.9 Å². The zero-order valence-electron chi connectivity index (χ0n) is 18.2. The highest BCUT2D eigenvalue weighted by molar-refractivity contribution is 8.06. The fourth-order valence-corrected chi connectivity index (χ4v) is 9.37. The van der Waals surface area contributed by atoms with Gasteiger partial charge in [-0.15, -0.1) is 0 Å². The van der Waals surface area contributed by atoms with Crippen LogP contribution in [0.3, 0.4) is 0 Å². The van der Waals surface area contributed by atoms with Crippen LogP contribution in [0.15, 0.2) is 33.8 Å². The summed E-state index contributed by atoms with van der Waals surface area (Å²) in [6.07, 6.45) is 1.97. The Morgan fingerprint density at radius 3 is 2.60 bits per heavy atom. The zero-order valence-corrected chi connectivity index (χ0v) is 20.0. The van der Waals surface area contributed by atoms with Crippen molar-refractivity contribution in [2.24, 2.45) is 10.9 Å². The highest BCUT2D eigenvalue weighted by Gasteiger charge is 2.53. The summed E-state index contributed by atoms with van der Waals surface area (Å²) in [7, 11) is 0.461. The third-order valence-corrected chi connectivity index (χ3v) is 11.8. The van der Waals surface area contributed by atoms with Gasteiger partial charge in [-0.25, -0.2) is 8.97 Å². The van der Waals surface area contributed by atoms with Crippen LogP contribution < -0.4 is 0 Å². The van der Waals surface area contributed by atoms with Gasteiger partial charge < -0.3 is 4.57 Å². The molecule has 3 aromatic rings. The second-order valence-electron chi connectivity index (χ2n) is 9.73. The zero-order chi connectivity index (χ0) is 21.1. The summed E-state index contributed by atoms with van der Waals surface area (Å²) in [6, 6.07) is 8.31. The van der Waals surface area contributed by atoms with E-state index in [1.54, 1.807) is 0 Å². The molecule has 0 aliphatic carbocycles. The molecule has 3 aliphatic rings. The lowest BCUT2D eigenvalue weighted by atomic mass is 9.84. The highest BCUT2D eigenvalue weighted by atomic mass is 32.2. The first kappa shape index (κ1) is 18.6. The molecule has 0 saturated carbocycles. The maximum Gasteiger partial charge on any atom is 0.281 e. The maximum absolute atomic E-state index is 15.8. The van der Waals surface area contributed by atoms with E-state index >= 15 is 4.39 Å². The van der Waals surface area contributed by atoms with Gasteiger partial charge in [0.2, 0.25) is 5.37 Å². The predicted octanol–water partition coefficient (Wildman–Crippen LogP) is 5.77.